The summed E-state index contributed by atoms with van der Waals surface area (Å²) in [5.74, 6) is 0.509. The number of hydrogen-bond acceptors (Lipinski definition) is 2. The SMILES string of the molecule is NC(CCl)=Nc1c(Br)ccc(I)c1O. The van der Waals surface area contributed by atoms with Crippen molar-refractivity contribution in [3.8, 4) is 5.75 Å². The molecule has 0 aliphatic rings. The fourth-order valence-electron chi connectivity index (χ4n) is 0.810. The maximum atomic E-state index is 9.68. The summed E-state index contributed by atoms with van der Waals surface area (Å²) in [6, 6.07) is 3.57. The zero-order valence-corrected chi connectivity index (χ0v) is 11.5. The first-order valence-corrected chi connectivity index (χ1v) is 6.03. The molecule has 0 aliphatic heterocycles. The quantitative estimate of drug-likeness (QED) is 0.354. The molecule has 0 unspecified atom stereocenters. The standard InChI is InChI=1S/C8H7BrClIN2O/c9-4-1-2-5(11)8(14)7(4)13-6(12)3-10/h1-2,14H,3H2,(H2,12,13). The van der Waals surface area contributed by atoms with Crippen LogP contribution in [-0.4, -0.2) is 16.8 Å². The van der Waals surface area contributed by atoms with Gasteiger partial charge in [-0.15, -0.1) is 11.6 Å². The van der Waals surface area contributed by atoms with Gasteiger partial charge in [0.2, 0.25) is 0 Å². The van der Waals surface area contributed by atoms with Gasteiger partial charge in [-0.25, -0.2) is 4.99 Å². The van der Waals surface area contributed by atoms with Crippen LogP contribution in [0.4, 0.5) is 5.69 Å². The number of rotatable bonds is 2. The van der Waals surface area contributed by atoms with Gasteiger partial charge in [0.15, 0.2) is 5.75 Å². The van der Waals surface area contributed by atoms with Crippen molar-refractivity contribution in [2.75, 3.05) is 5.88 Å². The second-order valence-corrected chi connectivity index (χ2v) is 4.75. The highest BCUT2D eigenvalue weighted by atomic mass is 127. The maximum Gasteiger partial charge on any atom is 0.155 e. The van der Waals surface area contributed by atoms with Crippen LogP contribution in [0.2, 0.25) is 0 Å². The molecule has 0 aromatic heterocycles. The minimum absolute atomic E-state index is 0.105. The van der Waals surface area contributed by atoms with Gasteiger partial charge in [0.25, 0.3) is 0 Å². The van der Waals surface area contributed by atoms with Crippen LogP contribution < -0.4 is 5.73 Å². The van der Waals surface area contributed by atoms with Gasteiger partial charge in [-0.1, -0.05) is 0 Å². The van der Waals surface area contributed by atoms with Crippen LogP contribution in [0.5, 0.6) is 5.75 Å². The van der Waals surface area contributed by atoms with Gasteiger partial charge >= 0.3 is 0 Å². The van der Waals surface area contributed by atoms with E-state index in [4.69, 9.17) is 17.3 Å². The Morgan fingerprint density at radius 1 is 1.64 bits per heavy atom. The van der Waals surface area contributed by atoms with Crippen molar-refractivity contribution in [2.45, 2.75) is 0 Å². The predicted molar refractivity (Wildman–Crippen MR) is 70.5 cm³/mol. The summed E-state index contributed by atoms with van der Waals surface area (Å²) in [5, 5.41) is 9.68. The number of benzene rings is 1. The summed E-state index contributed by atoms with van der Waals surface area (Å²) < 4.78 is 1.40. The normalized spacial score (nSPS) is 11.8. The van der Waals surface area contributed by atoms with E-state index in [0.29, 0.717) is 13.7 Å². The van der Waals surface area contributed by atoms with Gasteiger partial charge in [-0.2, -0.15) is 0 Å². The molecule has 76 valence electrons. The Bertz CT molecular complexity index is 384. The molecule has 14 heavy (non-hydrogen) atoms. The molecule has 0 amide bonds. The van der Waals surface area contributed by atoms with E-state index in [2.05, 4.69) is 20.9 Å². The minimum Gasteiger partial charge on any atom is -0.505 e. The number of aromatic hydroxyl groups is 1. The molecule has 0 spiro atoms. The number of hydrogen-bond donors (Lipinski definition) is 2. The van der Waals surface area contributed by atoms with Crippen LogP contribution in [0.15, 0.2) is 21.6 Å². The average Bonchev–Trinajstić information content (AvgIpc) is 2.18. The lowest BCUT2D eigenvalue weighted by Gasteiger charge is -2.04. The van der Waals surface area contributed by atoms with Gasteiger partial charge in [0, 0.05) is 4.47 Å². The monoisotopic (exact) mass is 388 g/mol. The van der Waals surface area contributed by atoms with Crippen LogP contribution in [0, 0.1) is 3.57 Å². The van der Waals surface area contributed by atoms with Crippen molar-refractivity contribution >= 4 is 61.6 Å². The molecule has 3 N–H and O–H groups in total. The van der Waals surface area contributed by atoms with Gasteiger partial charge in [0.1, 0.15) is 11.5 Å². The highest BCUT2D eigenvalue weighted by Crippen LogP contribution is 2.37. The molecule has 3 nitrogen and oxygen atoms in total. The molecule has 1 aromatic rings. The first kappa shape index (κ1) is 12.1. The molecule has 0 radical (unpaired) electrons. The van der Waals surface area contributed by atoms with Crippen molar-refractivity contribution in [2.24, 2.45) is 10.7 Å². The van der Waals surface area contributed by atoms with Gasteiger partial charge in [0.05, 0.1) is 9.45 Å². The first-order valence-electron chi connectivity index (χ1n) is 3.62. The smallest absolute Gasteiger partial charge is 0.155 e. The summed E-state index contributed by atoms with van der Waals surface area (Å²) in [6.45, 7) is 0. The first-order chi connectivity index (χ1) is 6.56. The lowest BCUT2D eigenvalue weighted by Crippen LogP contribution is -2.12. The number of nitrogens with zero attached hydrogens (tertiary/aromatic N) is 1. The Kier molecular flexibility index (Phi) is 4.46. The van der Waals surface area contributed by atoms with E-state index in [-0.39, 0.29) is 17.5 Å². The van der Waals surface area contributed by atoms with Gasteiger partial charge in [-0.05, 0) is 50.7 Å². The fourth-order valence-corrected chi connectivity index (χ4v) is 1.71. The van der Waals surface area contributed by atoms with Crippen molar-refractivity contribution in [1.29, 1.82) is 0 Å². The van der Waals surface area contributed by atoms with Crippen molar-refractivity contribution < 1.29 is 5.11 Å². The third-order valence-electron chi connectivity index (χ3n) is 1.45. The average molecular weight is 389 g/mol. The van der Waals surface area contributed by atoms with Crippen LogP contribution in [0.25, 0.3) is 0 Å². The van der Waals surface area contributed by atoms with Crippen molar-refractivity contribution in [3.05, 3.63) is 20.2 Å². The molecule has 1 aromatic carbocycles. The van der Waals surface area contributed by atoms with E-state index in [1.165, 1.54) is 0 Å². The number of nitrogens with two attached hydrogens (primary N) is 1. The van der Waals surface area contributed by atoms with Crippen molar-refractivity contribution in [3.63, 3.8) is 0 Å². The van der Waals surface area contributed by atoms with E-state index < -0.39 is 0 Å². The van der Waals surface area contributed by atoms with Crippen LogP contribution in [0.1, 0.15) is 0 Å². The summed E-state index contributed by atoms with van der Waals surface area (Å²) in [6.07, 6.45) is 0. The van der Waals surface area contributed by atoms with E-state index >= 15 is 0 Å². The Balaban J connectivity index is 3.26. The van der Waals surface area contributed by atoms with Crippen molar-refractivity contribution in [1.82, 2.24) is 0 Å². The Hall–Kier alpha value is -0.0100. The Morgan fingerprint density at radius 2 is 2.29 bits per heavy atom. The molecular weight excluding hydrogens is 382 g/mol. The summed E-state index contributed by atoms with van der Waals surface area (Å²) >= 11 is 10.8. The summed E-state index contributed by atoms with van der Waals surface area (Å²) in [4.78, 5) is 4.00. The number of phenolic OH excluding ortho intramolecular Hbond substituents is 1. The maximum absolute atomic E-state index is 9.68. The third-order valence-corrected chi connectivity index (χ3v) is 3.23. The lowest BCUT2D eigenvalue weighted by molar-refractivity contribution is 0.473. The van der Waals surface area contributed by atoms with Gasteiger partial charge < -0.3 is 10.8 Å². The van der Waals surface area contributed by atoms with Crippen LogP contribution in [0.3, 0.4) is 0 Å². The molecule has 0 aliphatic carbocycles. The van der Waals surface area contributed by atoms with Gasteiger partial charge in [-0.3, -0.25) is 0 Å². The highest BCUT2D eigenvalue weighted by molar-refractivity contribution is 14.1. The molecule has 6 heteroatoms. The second kappa shape index (κ2) is 5.18. The number of halogens is 3. The molecular formula is C8H7BrClIN2O. The molecule has 0 saturated carbocycles. The number of phenols is 1. The largest absolute Gasteiger partial charge is 0.505 e. The minimum atomic E-state index is 0.105. The Labute approximate surface area is 109 Å². The predicted octanol–water partition coefficient (Wildman–Crippen LogP) is 2.99. The highest BCUT2D eigenvalue weighted by Gasteiger charge is 2.08. The van der Waals surface area contributed by atoms with E-state index in [9.17, 15) is 5.11 Å². The molecule has 0 saturated heterocycles. The fraction of sp³-hybridized carbons (Fsp3) is 0.125. The second-order valence-electron chi connectivity index (χ2n) is 2.46. The molecule has 0 bridgehead atoms. The number of aliphatic imine (C=N–C) groups is 1. The summed E-state index contributed by atoms with van der Waals surface area (Å²) in [5.41, 5.74) is 5.89. The van der Waals surface area contributed by atoms with E-state index in [1.54, 1.807) is 12.1 Å². The molecule has 0 fully saturated rings. The van der Waals surface area contributed by atoms with E-state index in [1.807, 2.05) is 22.6 Å². The number of amidine groups is 1. The topological polar surface area (TPSA) is 58.6 Å². The molecule has 0 atom stereocenters. The van der Waals surface area contributed by atoms with E-state index in [0.717, 1.165) is 0 Å². The van der Waals surface area contributed by atoms with Crippen LogP contribution >= 0.6 is 50.1 Å². The number of alkyl halides is 1. The zero-order chi connectivity index (χ0) is 10.7. The molecule has 1 rings (SSSR count). The van der Waals surface area contributed by atoms with Crippen LogP contribution in [-0.2, 0) is 0 Å². The zero-order valence-electron chi connectivity index (χ0n) is 6.97. The third kappa shape index (κ3) is 2.74. The summed E-state index contributed by atoms with van der Waals surface area (Å²) in [7, 11) is 0. The molecule has 0 heterocycles. The Morgan fingerprint density at radius 3 is 2.86 bits per heavy atom. The lowest BCUT2D eigenvalue weighted by atomic mass is 10.3.